The summed E-state index contributed by atoms with van der Waals surface area (Å²) in [6, 6.07) is 17.5. The quantitative estimate of drug-likeness (QED) is 0.201. The molecule has 1 amide bonds. The van der Waals surface area contributed by atoms with Crippen LogP contribution in [0.4, 0.5) is 10.2 Å². The Labute approximate surface area is 246 Å². The summed E-state index contributed by atoms with van der Waals surface area (Å²) in [4.78, 5) is 41.0. The molecule has 1 aliphatic heterocycles. The molecule has 0 aliphatic carbocycles. The maximum absolute atomic E-state index is 15.8. The number of nitrogens with zero attached hydrogens (tertiary/aromatic N) is 2. The number of esters is 1. The molecular weight excluding hydrogens is 586 g/mol. The Hall–Kier alpha value is -3.94. The van der Waals surface area contributed by atoms with Crippen LogP contribution in [0.2, 0.25) is 0 Å². The number of nitrogens with one attached hydrogen (secondary N) is 2. The zero-order chi connectivity index (χ0) is 31.2. The Balaban J connectivity index is 1.47. The number of alkyl halides is 1. The van der Waals surface area contributed by atoms with Gasteiger partial charge in [0.2, 0.25) is 0 Å². The van der Waals surface area contributed by atoms with Crippen molar-refractivity contribution in [1.29, 1.82) is 0 Å². The monoisotopic (exact) mass is 618 g/mol. The highest BCUT2D eigenvalue weighted by Crippen LogP contribution is 2.47. The summed E-state index contributed by atoms with van der Waals surface area (Å²) in [7, 11) is -4.29. The van der Waals surface area contributed by atoms with Crippen LogP contribution in [0.1, 0.15) is 37.4 Å². The maximum atomic E-state index is 15.8. The number of halogens is 1. The molecule has 0 radical (unpaired) electrons. The van der Waals surface area contributed by atoms with Gasteiger partial charge in [0.25, 0.3) is 5.91 Å². The summed E-state index contributed by atoms with van der Waals surface area (Å²) in [5.41, 5.74) is -3.14. The van der Waals surface area contributed by atoms with Crippen molar-refractivity contribution in [1.82, 2.24) is 14.6 Å². The number of anilines is 1. The van der Waals surface area contributed by atoms with Crippen LogP contribution in [0.15, 0.2) is 77.7 Å². The molecule has 15 heteroatoms. The van der Waals surface area contributed by atoms with Crippen molar-refractivity contribution in [2.45, 2.75) is 51.0 Å². The third-order valence-electron chi connectivity index (χ3n) is 6.24. The van der Waals surface area contributed by atoms with Gasteiger partial charge >= 0.3 is 19.4 Å². The third-order valence-corrected chi connectivity index (χ3v) is 7.72. The van der Waals surface area contributed by atoms with E-state index in [9.17, 15) is 24.1 Å². The fraction of sp³-hybridized carbons (Fsp3) is 0.357. The van der Waals surface area contributed by atoms with E-state index in [4.69, 9.17) is 18.5 Å². The van der Waals surface area contributed by atoms with E-state index in [2.05, 4.69) is 15.4 Å². The summed E-state index contributed by atoms with van der Waals surface area (Å²) in [6.07, 6.45) is -4.16. The molecule has 3 N–H and O–H groups in total. The lowest BCUT2D eigenvalue weighted by Gasteiger charge is -2.25. The zero-order valence-corrected chi connectivity index (χ0v) is 24.5. The van der Waals surface area contributed by atoms with E-state index < -0.39 is 68.7 Å². The molecule has 4 rings (SSSR count). The van der Waals surface area contributed by atoms with E-state index in [-0.39, 0.29) is 11.6 Å². The second-order valence-electron chi connectivity index (χ2n) is 10.0. The van der Waals surface area contributed by atoms with Gasteiger partial charge in [0.1, 0.15) is 30.3 Å². The number of hydrogen-bond acceptors (Lipinski definition) is 10. The van der Waals surface area contributed by atoms with Gasteiger partial charge in [-0.05, 0) is 51.1 Å². The number of hydrogen-bond donors (Lipinski definition) is 3. The molecular formula is C28H32FN4O9P. The van der Waals surface area contributed by atoms with E-state index >= 15 is 4.39 Å². The maximum Gasteiger partial charge on any atom is 0.459 e. The van der Waals surface area contributed by atoms with Crippen LogP contribution in [0, 0.1) is 0 Å². The van der Waals surface area contributed by atoms with Crippen molar-refractivity contribution in [3.8, 4) is 5.75 Å². The second-order valence-corrected chi connectivity index (χ2v) is 11.8. The highest BCUT2D eigenvalue weighted by molar-refractivity contribution is 7.52. The first-order valence-corrected chi connectivity index (χ1v) is 14.8. The van der Waals surface area contributed by atoms with Crippen molar-refractivity contribution in [3.05, 3.63) is 89.0 Å². The molecule has 5 atom stereocenters. The molecule has 230 valence electrons. The molecule has 0 bridgehead atoms. The van der Waals surface area contributed by atoms with Gasteiger partial charge in [0.15, 0.2) is 11.9 Å². The van der Waals surface area contributed by atoms with Crippen LogP contribution < -0.4 is 20.6 Å². The number of ether oxygens (including phenoxy) is 2. The minimum atomic E-state index is -4.29. The average Bonchev–Trinajstić information content (AvgIpc) is 3.19. The Morgan fingerprint density at radius 2 is 1.79 bits per heavy atom. The van der Waals surface area contributed by atoms with Crippen LogP contribution in [0.3, 0.4) is 0 Å². The fourth-order valence-electron chi connectivity index (χ4n) is 4.15. The van der Waals surface area contributed by atoms with E-state index in [1.54, 1.807) is 62.4 Å². The second kappa shape index (κ2) is 13.6. The van der Waals surface area contributed by atoms with E-state index in [1.165, 1.54) is 24.4 Å². The standard InChI is InChI=1S/C28H32FN4O9P/c1-18(2)40-23(34)16-30-43(38,42-20-12-8-5-9-13-20)39-17-21-24(35)28(3,29)26(41-21)33-15-14-22(32-27(33)37)31-25(36)19-10-6-4-7-11-19/h4-15,18,21,24,26,35H,16-17H2,1-3H3,(H,30,38)(H,31,32,36,37)/t21-,24-,26-,28-,43?/m1/s1. The third kappa shape index (κ3) is 8.12. The van der Waals surface area contributed by atoms with E-state index in [0.29, 0.717) is 5.56 Å². The Morgan fingerprint density at radius 3 is 2.42 bits per heavy atom. The van der Waals surface area contributed by atoms with Crippen LogP contribution in [-0.4, -0.2) is 63.7 Å². The fourth-order valence-corrected chi connectivity index (χ4v) is 5.42. The molecule has 1 aliphatic rings. The number of aromatic nitrogens is 2. The van der Waals surface area contributed by atoms with Gasteiger partial charge in [-0.1, -0.05) is 36.4 Å². The molecule has 43 heavy (non-hydrogen) atoms. The van der Waals surface area contributed by atoms with E-state index in [1.807, 2.05) is 0 Å². The lowest BCUT2D eigenvalue weighted by atomic mass is 9.98. The van der Waals surface area contributed by atoms with Gasteiger partial charge < -0.3 is 24.4 Å². The van der Waals surface area contributed by atoms with Gasteiger partial charge in [-0.25, -0.2) is 18.8 Å². The molecule has 0 spiro atoms. The molecule has 3 aromatic rings. The van der Waals surface area contributed by atoms with Crippen LogP contribution >= 0.6 is 7.75 Å². The zero-order valence-electron chi connectivity index (χ0n) is 23.6. The summed E-state index contributed by atoms with van der Waals surface area (Å²) in [5, 5.41) is 15.6. The van der Waals surface area contributed by atoms with E-state index in [0.717, 1.165) is 11.5 Å². The van der Waals surface area contributed by atoms with Crippen molar-refractivity contribution < 1.29 is 42.2 Å². The van der Waals surface area contributed by atoms with Crippen LogP contribution in [-0.2, 0) is 23.4 Å². The number of aliphatic hydroxyl groups excluding tert-OH is 1. The number of aliphatic hydroxyl groups is 1. The number of carbonyl (C=O) groups is 2. The summed E-state index contributed by atoms with van der Waals surface area (Å²) >= 11 is 0. The molecule has 1 saturated heterocycles. The van der Waals surface area contributed by atoms with Crippen LogP contribution in [0.5, 0.6) is 5.75 Å². The topological polar surface area (TPSA) is 167 Å². The minimum absolute atomic E-state index is 0.0739. The Kier molecular flexibility index (Phi) is 10.1. The molecule has 0 saturated carbocycles. The lowest BCUT2D eigenvalue weighted by Crippen LogP contribution is -2.43. The van der Waals surface area contributed by atoms with Crippen molar-refractivity contribution >= 4 is 25.4 Å². The molecule has 2 heterocycles. The SMILES string of the molecule is CC(C)OC(=O)CNP(=O)(OC[C@H]1O[C@@H](n2ccc(NC(=O)c3ccccc3)nc2=O)[C@](C)(F)[C@@H]1O)Oc1ccccc1. The molecule has 1 aromatic heterocycles. The highest BCUT2D eigenvalue weighted by Gasteiger charge is 2.56. The highest BCUT2D eigenvalue weighted by atomic mass is 31.2. The van der Waals surface area contributed by atoms with Gasteiger partial charge in [0, 0.05) is 11.8 Å². The van der Waals surface area contributed by atoms with Crippen molar-refractivity contribution in [3.63, 3.8) is 0 Å². The largest absolute Gasteiger partial charge is 0.462 e. The van der Waals surface area contributed by atoms with Gasteiger partial charge in [-0.15, -0.1) is 0 Å². The summed E-state index contributed by atoms with van der Waals surface area (Å²) in [6.45, 7) is 3.13. The van der Waals surface area contributed by atoms with Gasteiger partial charge in [-0.3, -0.25) is 18.7 Å². The number of para-hydroxylation sites is 1. The first kappa shape index (κ1) is 32.0. The van der Waals surface area contributed by atoms with Gasteiger partial charge in [-0.2, -0.15) is 4.98 Å². The predicted molar refractivity (Wildman–Crippen MR) is 152 cm³/mol. The summed E-state index contributed by atoms with van der Waals surface area (Å²) in [5.74, 6) is -1.15. The average molecular weight is 619 g/mol. The molecule has 1 fully saturated rings. The van der Waals surface area contributed by atoms with Crippen LogP contribution in [0.25, 0.3) is 0 Å². The first-order valence-electron chi connectivity index (χ1n) is 13.3. The first-order chi connectivity index (χ1) is 20.4. The number of rotatable bonds is 12. The molecule has 1 unspecified atom stereocenters. The number of carbonyl (C=O) groups excluding carboxylic acids is 2. The minimum Gasteiger partial charge on any atom is -0.462 e. The Bertz CT molecular complexity index is 1520. The summed E-state index contributed by atoms with van der Waals surface area (Å²) < 4.78 is 51.8. The van der Waals surface area contributed by atoms with Crippen molar-refractivity contribution in [2.24, 2.45) is 0 Å². The molecule has 2 aromatic carbocycles. The number of benzene rings is 2. The predicted octanol–water partition coefficient (Wildman–Crippen LogP) is 3.23. The van der Waals surface area contributed by atoms with Crippen molar-refractivity contribution in [2.75, 3.05) is 18.5 Å². The molecule has 13 nitrogen and oxygen atoms in total. The Morgan fingerprint density at radius 1 is 1.14 bits per heavy atom. The number of amides is 1. The lowest BCUT2D eigenvalue weighted by molar-refractivity contribution is -0.146. The normalized spacial score (nSPS) is 23.0. The van der Waals surface area contributed by atoms with Gasteiger partial charge in [0.05, 0.1) is 12.7 Å². The smallest absolute Gasteiger partial charge is 0.459 e.